The molecule has 0 bridgehead atoms. The van der Waals surface area contributed by atoms with E-state index in [1.165, 1.54) is 7.11 Å². The van der Waals surface area contributed by atoms with Crippen LogP contribution in [-0.4, -0.2) is 35.1 Å². The summed E-state index contributed by atoms with van der Waals surface area (Å²) in [4.78, 5) is 13.0. The van der Waals surface area contributed by atoms with Crippen LogP contribution in [0.3, 0.4) is 0 Å². The van der Waals surface area contributed by atoms with Crippen LogP contribution in [0.5, 0.6) is 11.5 Å². The van der Waals surface area contributed by atoms with Crippen molar-refractivity contribution >= 4 is 27.1 Å². The van der Waals surface area contributed by atoms with Gasteiger partial charge in [0.15, 0.2) is 11.5 Å². The normalized spacial score (nSPS) is 11.0. The molecule has 0 saturated heterocycles. The van der Waals surface area contributed by atoms with Crippen LogP contribution in [0.2, 0.25) is 0 Å². The first-order valence-corrected chi connectivity index (χ1v) is 12.0. The predicted octanol–water partition coefficient (Wildman–Crippen LogP) is 4.46. The van der Waals surface area contributed by atoms with E-state index in [2.05, 4.69) is 10.6 Å². The molecule has 0 heterocycles. The Morgan fingerprint density at radius 2 is 1.64 bits per heavy atom. The summed E-state index contributed by atoms with van der Waals surface area (Å²) >= 11 is 0. The third-order valence-electron chi connectivity index (χ3n) is 5.21. The second-order valence-corrected chi connectivity index (χ2v) is 9.34. The van der Waals surface area contributed by atoms with Crippen LogP contribution >= 0.6 is 0 Å². The largest absolute Gasteiger partial charge is 0.493 e. The van der Waals surface area contributed by atoms with Crippen LogP contribution in [0.15, 0.2) is 70.5 Å². The van der Waals surface area contributed by atoms with Gasteiger partial charge in [-0.3, -0.25) is 4.79 Å². The molecular weight excluding hydrogens is 440 g/mol. The smallest absolute Gasteiger partial charge is 0.243 e. The van der Waals surface area contributed by atoms with E-state index in [4.69, 9.17) is 9.47 Å². The minimum atomic E-state index is -3.69. The fourth-order valence-corrected chi connectivity index (χ4v) is 5.07. The fourth-order valence-electron chi connectivity index (χ4n) is 3.49. The lowest BCUT2D eigenvalue weighted by molar-refractivity contribution is -0.114. The maximum Gasteiger partial charge on any atom is 0.243 e. The zero-order valence-electron chi connectivity index (χ0n) is 19.1. The standard InChI is InChI=1S/C25H28N2O5S/c1-5-20-21(7-6-8-24(20)33(29,30)19-12-9-17(2)10-13-19)26-16-25(28)27-18-11-14-22(31-3)23(15-18)32-4/h6-15,26H,5,16H2,1-4H3,(H,27,28). The highest BCUT2D eigenvalue weighted by Gasteiger charge is 2.22. The number of hydrogen-bond donors (Lipinski definition) is 2. The molecule has 3 aromatic carbocycles. The van der Waals surface area contributed by atoms with Crippen molar-refractivity contribution in [3.05, 3.63) is 71.8 Å². The Morgan fingerprint density at radius 1 is 0.939 bits per heavy atom. The average Bonchev–Trinajstić information content (AvgIpc) is 2.82. The molecule has 1 amide bonds. The lowest BCUT2D eigenvalue weighted by atomic mass is 10.1. The first kappa shape index (κ1) is 24.1. The summed E-state index contributed by atoms with van der Waals surface area (Å²) < 4.78 is 36.9. The zero-order chi connectivity index (χ0) is 24.0. The van der Waals surface area contributed by atoms with Gasteiger partial charge in [-0.25, -0.2) is 8.42 Å². The number of aryl methyl sites for hydroxylation is 1. The van der Waals surface area contributed by atoms with Gasteiger partial charge in [0, 0.05) is 17.4 Å². The third-order valence-corrected chi connectivity index (χ3v) is 7.07. The topological polar surface area (TPSA) is 93.7 Å². The van der Waals surface area contributed by atoms with Gasteiger partial charge in [-0.05, 0) is 55.3 Å². The van der Waals surface area contributed by atoms with Crippen LogP contribution in [0.25, 0.3) is 0 Å². The summed E-state index contributed by atoms with van der Waals surface area (Å²) in [6.45, 7) is 3.76. The molecule has 7 nitrogen and oxygen atoms in total. The number of carbonyl (C=O) groups is 1. The molecule has 0 aromatic heterocycles. The van der Waals surface area contributed by atoms with Gasteiger partial charge >= 0.3 is 0 Å². The summed E-state index contributed by atoms with van der Waals surface area (Å²) in [7, 11) is -0.626. The second-order valence-electron chi connectivity index (χ2n) is 7.42. The molecule has 0 aliphatic rings. The van der Waals surface area contributed by atoms with E-state index >= 15 is 0 Å². The Bertz CT molecular complexity index is 1240. The Balaban J connectivity index is 1.78. The highest BCUT2D eigenvalue weighted by atomic mass is 32.2. The van der Waals surface area contributed by atoms with Crippen molar-refractivity contribution in [2.45, 2.75) is 30.1 Å². The predicted molar refractivity (Wildman–Crippen MR) is 129 cm³/mol. The van der Waals surface area contributed by atoms with Crippen molar-refractivity contribution in [3.8, 4) is 11.5 Å². The molecule has 8 heteroatoms. The lowest BCUT2D eigenvalue weighted by Gasteiger charge is -2.16. The number of rotatable bonds is 9. The first-order valence-electron chi connectivity index (χ1n) is 10.5. The zero-order valence-corrected chi connectivity index (χ0v) is 20.0. The fraction of sp³-hybridized carbons (Fsp3) is 0.240. The van der Waals surface area contributed by atoms with E-state index in [1.54, 1.807) is 67.8 Å². The molecule has 33 heavy (non-hydrogen) atoms. The molecule has 3 rings (SSSR count). The highest BCUT2D eigenvalue weighted by molar-refractivity contribution is 7.91. The lowest BCUT2D eigenvalue weighted by Crippen LogP contribution is -2.22. The molecule has 0 fully saturated rings. The minimum Gasteiger partial charge on any atom is -0.493 e. The van der Waals surface area contributed by atoms with Gasteiger partial charge in [-0.2, -0.15) is 0 Å². The number of sulfone groups is 1. The van der Waals surface area contributed by atoms with E-state index in [0.717, 1.165) is 5.56 Å². The van der Waals surface area contributed by atoms with Gasteiger partial charge in [-0.15, -0.1) is 0 Å². The van der Waals surface area contributed by atoms with Crippen molar-refractivity contribution in [2.24, 2.45) is 0 Å². The Morgan fingerprint density at radius 3 is 2.27 bits per heavy atom. The summed E-state index contributed by atoms with van der Waals surface area (Å²) in [6, 6.07) is 16.9. The van der Waals surface area contributed by atoms with Crippen molar-refractivity contribution < 1.29 is 22.7 Å². The molecule has 0 aliphatic heterocycles. The van der Waals surface area contributed by atoms with Gasteiger partial charge < -0.3 is 20.1 Å². The quantitative estimate of drug-likeness (QED) is 0.482. The first-order chi connectivity index (χ1) is 15.8. The van der Waals surface area contributed by atoms with Gasteiger partial charge in [0.2, 0.25) is 15.7 Å². The number of ether oxygens (including phenoxy) is 2. The van der Waals surface area contributed by atoms with E-state index in [0.29, 0.717) is 34.9 Å². The number of anilines is 2. The molecule has 0 atom stereocenters. The second kappa shape index (κ2) is 10.4. The third kappa shape index (κ3) is 5.46. The summed E-state index contributed by atoms with van der Waals surface area (Å²) in [6.07, 6.45) is 0.487. The Labute approximate surface area is 194 Å². The number of carbonyl (C=O) groups excluding carboxylic acids is 1. The van der Waals surface area contributed by atoms with Gasteiger partial charge in [0.1, 0.15) is 0 Å². The minimum absolute atomic E-state index is 0.0324. The van der Waals surface area contributed by atoms with Gasteiger partial charge in [0.05, 0.1) is 30.6 Å². The summed E-state index contributed by atoms with van der Waals surface area (Å²) in [5.74, 6) is 0.787. The highest BCUT2D eigenvalue weighted by Crippen LogP contribution is 2.31. The van der Waals surface area contributed by atoms with E-state index in [9.17, 15) is 13.2 Å². The van der Waals surface area contributed by atoms with Crippen LogP contribution in [-0.2, 0) is 21.1 Å². The molecule has 3 aromatic rings. The van der Waals surface area contributed by atoms with E-state index in [1.807, 2.05) is 13.8 Å². The molecule has 0 saturated carbocycles. The van der Waals surface area contributed by atoms with Crippen LogP contribution < -0.4 is 20.1 Å². The number of hydrogen-bond acceptors (Lipinski definition) is 6. The van der Waals surface area contributed by atoms with Gasteiger partial charge in [0.25, 0.3) is 0 Å². The van der Waals surface area contributed by atoms with Crippen molar-refractivity contribution in [3.63, 3.8) is 0 Å². The molecule has 0 radical (unpaired) electrons. The number of nitrogens with one attached hydrogen (secondary N) is 2. The Hall–Kier alpha value is -3.52. The van der Waals surface area contributed by atoms with Crippen molar-refractivity contribution in [1.82, 2.24) is 0 Å². The monoisotopic (exact) mass is 468 g/mol. The molecule has 174 valence electrons. The number of benzene rings is 3. The van der Waals surface area contributed by atoms with Crippen molar-refractivity contribution in [2.75, 3.05) is 31.4 Å². The van der Waals surface area contributed by atoms with Crippen molar-refractivity contribution in [1.29, 1.82) is 0 Å². The average molecular weight is 469 g/mol. The van der Waals surface area contributed by atoms with Crippen LogP contribution in [0, 0.1) is 6.92 Å². The molecule has 0 unspecified atom stereocenters. The summed E-state index contributed by atoms with van der Waals surface area (Å²) in [5.41, 5.74) is 2.79. The van der Waals surface area contributed by atoms with Crippen LogP contribution in [0.1, 0.15) is 18.1 Å². The SMILES string of the molecule is CCc1c(NCC(=O)Nc2ccc(OC)c(OC)c2)cccc1S(=O)(=O)c1ccc(C)cc1. The summed E-state index contributed by atoms with van der Waals surface area (Å²) in [5, 5.41) is 5.87. The molecule has 0 aliphatic carbocycles. The molecule has 0 spiro atoms. The molecule has 2 N–H and O–H groups in total. The van der Waals surface area contributed by atoms with Gasteiger partial charge in [-0.1, -0.05) is 30.7 Å². The van der Waals surface area contributed by atoms with E-state index in [-0.39, 0.29) is 22.2 Å². The number of methoxy groups -OCH3 is 2. The maximum absolute atomic E-state index is 13.2. The number of amides is 1. The van der Waals surface area contributed by atoms with Crippen LogP contribution in [0.4, 0.5) is 11.4 Å². The maximum atomic E-state index is 13.2. The van der Waals surface area contributed by atoms with E-state index < -0.39 is 9.84 Å². The Kier molecular flexibility index (Phi) is 7.60. The molecular formula is C25H28N2O5S.